The number of carbonyl (C=O) groups is 1. The predicted octanol–water partition coefficient (Wildman–Crippen LogP) is 4.03. The van der Waals surface area contributed by atoms with E-state index in [0.717, 1.165) is 33.9 Å². The van der Waals surface area contributed by atoms with Crippen molar-refractivity contribution in [1.29, 1.82) is 0 Å². The highest BCUT2D eigenvalue weighted by atomic mass is 16.7. The molecule has 0 unspecified atom stereocenters. The summed E-state index contributed by atoms with van der Waals surface area (Å²) in [6.45, 7) is 2.45. The Morgan fingerprint density at radius 2 is 1.84 bits per heavy atom. The van der Waals surface area contributed by atoms with Crippen LogP contribution in [0.15, 0.2) is 66.7 Å². The van der Waals surface area contributed by atoms with Crippen molar-refractivity contribution >= 4 is 5.91 Å². The number of aromatic amines is 1. The maximum Gasteiger partial charge on any atom is 0.231 e. The molecule has 0 bridgehead atoms. The minimum Gasteiger partial charge on any atom is -0.454 e. The summed E-state index contributed by atoms with van der Waals surface area (Å²) in [6, 6.07) is 21.2. The number of nitrogens with one attached hydrogen (secondary N) is 2. The fourth-order valence-electron chi connectivity index (χ4n) is 3.65. The van der Waals surface area contributed by atoms with E-state index in [1.165, 1.54) is 0 Å². The normalized spacial score (nSPS) is 12.0. The Balaban J connectivity index is 1.42. The van der Waals surface area contributed by atoms with E-state index in [2.05, 4.69) is 15.3 Å². The van der Waals surface area contributed by atoms with Crippen molar-refractivity contribution in [3.63, 3.8) is 0 Å². The fourth-order valence-corrected chi connectivity index (χ4v) is 3.65. The van der Waals surface area contributed by atoms with E-state index < -0.39 is 0 Å². The molecular weight excluding hydrogens is 404 g/mol. The van der Waals surface area contributed by atoms with E-state index >= 15 is 0 Å². The quantitative estimate of drug-likeness (QED) is 0.486. The first-order valence-electron chi connectivity index (χ1n) is 10.4. The number of H-pyrrole nitrogens is 1. The predicted molar refractivity (Wildman–Crippen MR) is 120 cm³/mol. The number of carbonyl (C=O) groups excluding carboxylic acids is 1. The number of fused-ring (bicyclic) bond motifs is 1. The summed E-state index contributed by atoms with van der Waals surface area (Å²) in [6.07, 6.45) is 0.322. The fraction of sp³-hybridized carbons (Fsp3) is 0.160. The third-order valence-electron chi connectivity index (χ3n) is 5.20. The molecule has 0 aliphatic carbocycles. The largest absolute Gasteiger partial charge is 0.454 e. The van der Waals surface area contributed by atoms with Crippen LogP contribution >= 0.6 is 0 Å². The van der Waals surface area contributed by atoms with Crippen LogP contribution in [0.25, 0.3) is 22.6 Å². The van der Waals surface area contributed by atoms with Gasteiger partial charge in [0.05, 0.1) is 30.0 Å². The molecule has 7 nitrogen and oxygen atoms in total. The number of amides is 1. The summed E-state index contributed by atoms with van der Waals surface area (Å²) in [4.78, 5) is 25.2. The number of nitrogens with zero attached hydrogens (tertiary/aromatic N) is 2. The number of aryl methyl sites for hydroxylation is 1. The molecule has 2 N–H and O–H groups in total. The van der Waals surface area contributed by atoms with Gasteiger partial charge < -0.3 is 19.8 Å². The van der Waals surface area contributed by atoms with Crippen LogP contribution in [-0.4, -0.2) is 27.7 Å². The number of ether oxygens (including phenoxy) is 2. The average molecular weight is 426 g/mol. The molecule has 0 atom stereocenters. The highest BCUT2D eigenvalue weighted by Gasteiger charge is 2.20. The monoisotopic (exact) mass is 426 g/mol. The van der Waals surface area contributed by atoms with Gasteiger partial charge in [0.2, 0.25) is 12.7 Å². The first kappa shape index (κ1) is 19.8. The highest BCUT2D eigenvalue weighted by Crippen LogP contribution is 2.38. The van der Waals surface area contributed by atoms with Crippen LogP contribution in [0.3, 0.4) is 0 Å². The molecule has 0 saturated heterocycles. The first-order valence-corrected chi connectivity index (χ1v) is 10.4. The molecule has 2 aromatic heterocycles. The number of hydrogen-bond donors (Lipinski definition) is 2. The molecule has 2 aromatic carbocycles. The third kappa shape index (κ3) is 4.18. The van der Waals surface area contributed by atoms with Crippen LogP contribution in [0.5, 0.6) is 11.5 Å². The minimum absolute atomic E-state index is 0.0625. The molecule has 5 rings (SSSR count). The van der Waals surface area contributed by atoms with Crippen LogP contribution in [0.1, 0.15) is 17.1 Å². The lowest BCUT2D eigenvalue weighted by Gasteiger charge is -2.04. The number of aromatic nitrogens is 3. The van der Waals surface area contributed by atoms with Gasteiger partial charge in [-0.3, -0.25) is 9.78 Å². The van der Waals surface area contributed by atoms with Crippen LogP contribution in [0, 0.1) is 6.92 Å². The molecule has 3 heterocycles. The van der Waals surface area contributed by atoms with Gasteiger partial charge in [-0.25, -0.2) is 4.98 Å². The Hall–Kier alpha value is -4.13. The second-order valence-corrected chi connectivity index (χ2v) is 7.58. The topological polar surface area (TPSA) is 89.1 Å². The van der Waals surface area contributed by atoms with E-state index in [1.54, 1.807) is 0 Å². The van der Waals surface area contributed by atoms with Gasteiger partial charge >= 0.3 is 0 Å². The molecule has 0 saturated carbocycles. The summed E-state index contributed by atoms with van der Waals surface area (Å²) in [5.74, 6) is 1.99. The van der Waals surface area contributed by atoms with Crippen LogP contribution < -0.4 is 14.8 Å². The number of imidazole rings is 1. The van der Waals surface area contributed by atoms with Crippen molar-refractivity contribution in [3.8, 4) is 34.1 Å². The lowest BCUT2D eigenvalue weighted by atomic mass is 10.1. The van der Waals surface area contributed by atoms with Crippen molar-refractivity contribution in [1.82, 2.24) is 20.3 Å². The molecule has 0 fully saturated rings. The van der Waals surface area contributed by atoms with Gasteiger partial charge in [0.25, 0.3) is 0 Å². The van der Waals surface area contributed by atoms with Gasteiger partial charge in [-0.1, -0.05) is 36.4 Å². The lowest BCUT2D eigenvalue weighted by Crippen LogP contribution is -2.25. The van der Waals surface area contributed by atoms with Crippen molar-refractivity contribution in [3.05, 3.63) is 83.8 Å². The number of hydrogen-bond acceptors (Lipinski definition) is 5. The molecule has 1 aliphatic rings. The SMILES string of the molecule is Cc1cccc(-c2[nH]c(CNC(=O)Cc3ccccc3)nc2-c2ccc3c(c2)OCO3)n1. The zero-order valence-electron chi connectivity index (χ0n) is 17.6. The van der Waals surface area contributed by atoms with Gasteiger partial charge in [0.15, 0.2) is 11.5 Å². The Morgan fingerprint density at radius 3 is 2.69 bits per heavy atom. The standard InChI is InChI=1S/C25H22N4O3/c1-16-6-5-9-19(27-16)25-24(18-10-11-20-21(13-18)32-15-31-20)28-22(29-25)14-26-23(30)12-17-7-3-2-4-8-17/h2-11,13H,12,14-15H2,1H3,(H,26,30)(H,28,29). The molecule has 32 heavy (non-hydrogen) atoms. The minimum atomic E-state index is -0.0625. The van der Waals surface area contributed by atoms with Crippen LogP contribution in [0.4, 0.5) is 0 Å². The van der Waals surface area contributed by atoms with Crippen molar-refractivity contribution in [2.45, 2.75) is 19.9 Å². The van der Waals surface area contributed by atoms with Crippen molar-refractivity contribution in [2.24, 2.45) is 0 Å². The summed E-state index contributed by atoms with van der Waals surface area (Å²) in [5, 5.41) is 2.95. The molecule has 0 radical (unpaired) electrons. The molecule has 1 aliphatic heterocycles. The summed E-state index contributed by atoms with van der Waals surface area (Å²) in [7, 11) is 0. The van der Waals surface area contributed by atoms with E-state index in [9.17, 15) is 4.79 Å². The molecule has 4 aromatic rings. The third-order valence-corrected chi connectivity index (χ3v) is 5.20. The zero-order chi connectivity index (χ0) is 21.9. The number of pyridine rings is 1. The Kier molecular flexibility index (Phi) is 5.29. The van der Waals surface area contributed by atoms with Crippen LogP contribution in [-0.2, 0) is 17.8 Å². The lowest BCUT2D eigenvalue weighted by molar-refractivity contribution is -0.120. The second kappa shape index (κ2) is 8.55. The van der Waals surface area contributed by atoms with E-state index in [0.29, 0.717) is 23.7 Å². The van der Waals surface area contributed by atoms with Crippen molar-refractivity contribution < 1.29 is 14.3 Å². The molecule has 7 heteroatoms. The second-order valence-electron chi connectivity index (χ2n) is 7.58. The van der Waals surface area contributed by atoms with Gasteiger partial charge in [0, 0.05) is 11.3 Å². The summed E-state index contributed by atoms with van der Waals surface area (Å²) < 4.78 is 11.0. The van der Waals surface area contributed by atoms with E-state index in [-0.39, 0.29) is 19.2 Å². The Labute approximate surface area is 185 Å². The zero-order valence-corrected chi connectivity index (χ0v) is 17.6. The van der Waals surface area contributed by atoms with E-state index in [1.807, 2.05) is 73.7 Å². The molecular formula is C25H22N4O3. The Bertz CT molecular complexity index is 1270. The van der Waals surface area contributed by atoms with Gasteiger partial charge in [-0.15, -0.1) is 0 Å². The molecule has 0 spiro atoms. The molecule has 1 amide bonds. The molecule has 160 valence electrons. The van der Waals surface area contributed by atoms with Gasteiger partial charge in [-0.2, -0.15) is 0 Å². The van der Waals surface area contributed by atoms with Crippen LogP contribution in [0.2, 0.25) is 0 Å². The number of rotatable bonds is 6. The number of benzene rings is 2. The maximum atomic E-state index is 12.4. The van der Waals surface area contributed by atoms with E-state index in [4.69, 9.17) is 14.5 Å². The van der Waals surface area contributed by atoms with Crippen molar-refractivity contribution in [2.75, 3.05) is 6.79 Å². The average Bonchev–Trinajstić information content (AvgIpc) is 3.45. The van der Waals surface area contributed by atoms with Gasteiger partial charge in [-0.05, 0) is 42.8 Å². The maximum absolute atomic E-state index is 12.4. The van der Waals surface area contributed by atoms with Gasteiger partial charge in [0.1, 0.15) is 5.82 Å². The summed E-state index contributed by atoms with van der Waals surface area (Å²) in [5.41, 5.74) is 5.08. The highest BCUT2D eigenvalue weighted by molar-refractivity contribution is 5.79. The smallest absolute Gasteiger partial charge is 0.231 e. The summed E-state index contributed by atoms with van der Waals surface area (Å²) >= 11 is 0. The first-order chi connectivity index (χ1) is 15.7. The Morgan fingerprint density at radius 1 is 1.00 bits per heavy atom.